The van der Waals surface area contributed by atoms with Gasteiger partial charge in [0, 0.05) is 31.6 Å². The maximum Gasteiger partial charge on any atom is 0.194 e. The first kappa shape index (κ1) is 17.0. The van der Waals surface area contributed by atoms with Crippen LogP contribution < -0.4 is 5.32 Å². The van der Waals surface area contributed by atoms with E-state index in [0.29, 0.717) is 13.1 Å². The van der Waals surface area contributed by atoms with Gasteiger partial charge in [-0.25, -0.2) is 9.98 Å². The van der Waals surface area contributed by atoms with Gasteiger partial charge in [-0.1, -0.05) is 18.2 Å². The third-order valence-corrected chi connectivity index (χ3v) is 4.20. The van der Waals surface area contributed by atoms with Gasteiger partial charge >= 0.3 is 0 Å². The Labute approximate surface area is 147 Å². The number of para-hydroxylation sites is 1. The second kappa shape index (κ2) is 7.38. The van der Waals surface area contributed by atoms with Crippen LogP contribution in [0.1, 0.15) is 24.1 Å². The van der Waals surface area contributed by atoms with Gasteiger partial charge < -0.3 is 14.6 Å². The normalized spacial score (nSPS) is 11.9. The summed E-state index contributed by atoms with van der Waals surface area (Å²) in [4.78, 5) is 11.0. The lowest BCUT2D eigenvalue weighted by Crippen LogP contribution is -2.39. The summed E-state index contributed by atoms with van der Waals surface area (Å²) in [6.07, 6.45) is 1.56. The molecule has 0 amide bonds. The molecule has 1 N–H and O–H groups in total. The monoisotopic (exact) mass is 340 g/mol. The lowest BCUT2D eigenvalue weighted by Gasteiger charge is -2.21. The topological polar surface area (TPSA) is 71.5 Å². The lowest BCUT2D eigenvalue weighted by molar-refractivity contribution is 0.446. The van der Waals surface area contributed by atoms with E-state index in [1.807, 2.05) is 37.2 Å². The minimum atomic E-state index is 0.492. The zero-order valence-electron chi connectivity index (χ0n) is 15.2. The van der Waals surface area contributed by atoms with E-state index < -0.39 is 0 Å². The molecule has 3 aromatic rings. The van der Waals surface area contributed by atoms with E-state index in [4.69, 9.17) is 9.41 Å². The standard InChI is InChI=1S/C18H24N6O/c1-5-19-18(23(3)11-17-21-12-22-24(17)4)20-10-16-13(2)14-8-6-7-9-15(14)25-16/h6-9,12H,5,10-11H2,1-4H3,(H,19,20). The van der Waals surface area contributed by atoms with Crippen LogP contribution >= 0.6 is 0 Å². The second-order valence-corrected chi connectivity index (χ2v) is 5.97. The first-order chi connectivity index (χ1) is 12.1. The van der Waals surface area contributed by atoms with Gasteiger partial charge in [0.2, 0.25) is 0 Å². The molecule has 0 atom stereocenters. The number of nitrogens with zero attached hydrogens (tertiary/aromatic N) is 5. The predicted octanol–water partition coefficient (Wildman–Crippen LogP) is 2.47. The molecule has 0 unspecified atom stereocenters. The van der Waals surface area contributed by atoms with Crippen molar-refractivity contribution in [3.05, 3.63) is 47.7 Å². The molecule has 2 aromatic heterocycles. The number of fused-ring (bicyclic) bond motifs is 1. The zero-order chi connectivity index (χ0) is 17.8. The molecule has 132 valence electrons. The fourth-order valence-electron chi connectivity index (χ4n) is 2.74. The van der Waals surface area contributed by atoms with Crippen molar-refractivity contribution in [3.63, 3.8) is 0 Å². The van der Waals surface area contributed by atoms with Gasteiger partial charge in [0.1, 0.15) is 30.0 Å². The molecule has 0 aliphatic heterocycles. The van der Waals surface area contributed by atoms with E-state index in [1.54, 1.807) is 11.0 Å². The summed E-state index contributed by atoms with van der Waals surface area (Å²) in [5.74, 6) is 2.59. The van der Waals surface area contributed by atoms with Crippen LogP contribution in [0, 0.1) is 6.92 Å². The molecule has 1 aromatic carbocycles. The number of rotatable bonds is 5. The number of aromatic nitrogens is 3. The summed E-state index contributed by atoms with van der Waals surface area (Å²) in [6.45, 7) is 6.04. The molecule has 0 aliphatic carbocycles. The number of furan rings is 1. The van der Waals surface area contributed by atoms with E-state index in [1.165, 1.54) is 0 Å². The highest BCUT2D eigenvalue weighted by Crippen LogP contribution is 2.25. The molecule has 0 bridgehead atoms. The van der Waals surface area contributed by atoms with Gasteiger partial charge in [-0.15, -0.1) is 0 Å². The van der Waals surface area contributed by atoms with E-state index in [0.717, 1.165) is 40.6 Å². The first-order valence-corrected chi connectivity index (χ1v) is 8.39. The van der Waals surface area contributed by atoms with E-state index in [-0.39, 0.29) is 0 Å². The molecule has 0 saturated heterocycles. The molecule has 0 fully saturated rings. The molecular formula is C18H24N6O. The van der Waals surface area contributed by atoms with Crippen LogP contribution in [0.3, 0.4) is 0 Å². The Hall–Kier alpha value is -2.83. The average Bonchev–Trinajstić information content (AvgIpc) is 3.15. The van der Waals surface area contributed by atoms with E-state index in [9.17, 15) is 0 Å². The highest BCUT2D eigenvalue weighted by Gasteiger charge is 2.12. The Morgan fingerprint density at radius 2 is 2.16 bits per heavy atom. The maximum absolute atomic E-state index is 5.95. The quantitative estimate of drug-likeness (QED) is 0.571. The van der Waals surface area contributed by atoms with Crippen LogP contribution in [0.5, 0.6) is 0 Å². The fraction of sp³-hybridized carbons (Fsp3) is 0.389. The maximum atomic E-state index is 5.95. The SMILES string of the molecule is CCNC(=NCc1oc2ccccc2c1C)N(C)Cc1ncnn1C. The molecule has 7 heteroatoms. The number of hydrogen-bond acceptors (Lipinski definition) is 4. The van der Waals surface area contributed by atoms with Crippen molar-refractivity contribution < 1.29 is 4.42 Å². The van der Waals surface area contributed by atoms with Gasteiger partial charge in [0.25, 0.3) is 0 Å². The van der Waals surface area contributed by atoms with Crippen molar-refractivity contribution in [3.8, 4) is 0 Å². The van der Waals surface area contributed by atoms with Crippen molar-refractivity contribution in [2.75, 3.05) is 13.6 Å². The summed E-state index contributed by atoms with van der Waals surface area (Å²) < 4.78 is 7.72. The zero-order valence-corrected chi connectivity index (χ0v) is 15.2. The number of nitrogens with one attached hydrogen (secondary N) is 1. The van der Waals surface area contributed by atoms with Crippen LogP contribution in [-0.2, 0) is 20.1 Å². The molecule has 0 saturated carbocycles. The van der Waals surface area contributed by atoms with Crippen molar-refractivity contribution >= 4 is 16.9 Å². The van der Waals surface area contributed by atoms with E-state index in [2.05, 4.69) is 35.3 Å². The van der Waals surface area contributed by atoms with Gasteiger partial charge in [-0.2, -0.15) is 5.10 Å². The number of benzene rings is 1. The largest absolute Gasteiger partial charge is 0.459 e. The lowest BCUT2D eigenvalue weighted by atomic mass is 10.1. The molecule has 7 nitrogen and oxygen atoms in total. The van der Waals surface area contributed by atoms with Gasteiger partial charge in [0.15, 0.2) is 5.96 Å². The molecule has 25 heavy (non-hydrogen) atoms. The predicted molar refractivity (Wildman–Crippen MR) is 98.2 cm³/mol. The minimum Gasteiger partial charge on any atom is -0.459 e. The molecule has 2 heterocycles. The van der Waals surface area contributed by atoms with Crippen LogP contribution in [0.2, 0.25) is 0 Å². The highest BCUT2D eigenvalue weighted by atomic mass is 16.3. The number of aryl methyl sites for hydroxylation is 2. The molecule has 0 aliphatic rings. The first-order valence-electron chi connectivity index (χ1n) is 8.39. The third kappa shape index (κ3) is 3.65. The summed E-state index contributed by atoms with van der Waals surface area (Å²) in [6, 6.07) is 8.07. The van der Waals surface area contributed by atoms with Crippen molar-refractivity contribution in [1.29, 1.82) is 0 Å². The summed E-state index contributed by atoms with van der Waals surface area (Å²) in [5, 5.41) is 8.57. The minimum absolute atomic E-state index is 0.492. The van der Waals surface area contributed by atoms with Crippen LogP contribution in [0.4, 0.5) is 0 Å². The smallest absolute Gasteiger partial charge is 0.194 e. The Bertz CT molecular complexity index is 879. The van der Waals surface area contributed by atoms with Crippen LogP contribution in [0.15, 0.2) is 40.0 Å². The Kier molecular flexibility index (Phi) is 5.02. The third-order valence-electron chi connectivity index (χ3n) is 4.20. The summed E-state index contributed by atoms with van der Waals surface area (Å²) in [5.41, 5.74) is 2.05. The van der Waals surface area contributed by atoms with Crippen LogP contribution in [-0.4, -0.2) is 39.2 Å². The number of guanidine groups is 1. The van der Waals surface area contributed by atoms with Crippen molar-refractivity contribution in [2.24, 2.45) is 12.0 Å². The molecule has 3 rings (SSSR count). The number of aliphatic imine (C=N–C) groups is 1. The Balaban J connectivity index is 1.79. The highest BCUT2D eigenvalue weighted by molar-refractivity contribution is 5.82. The van der Waals surface area contributed by atoms with Gasteiger partial charge in [-0.3, -0.25) is 4.68 Å². The molecular weight excluding hydrogens is 316 g/mol. The molecule has 0 spiro atoms. The van der Waals surface area contributed by atoms with E-state index >= 15 is 0 Å². The summed E-state index contributed by atoms with van der Waals surface area (Å²) in [7, 11) is 3.87. The average molecular weight is 340 g/mol. The molecule has 0 radical (unpaired) electrons. The summed E-state index contributed by atoms with van der Waals surface area (Å²) >= 11 is 0. The van der Waals surface area contributed by atoms with Crippen molar-refractivity contribution in [1.82, 2.24) is 25.0 Å². The Morgan fingerprint density at radius 3 is 2.84 bits per heavy atom. The second-order valence-electron chi connectivity index (χ2n) is 5.97. The van der Waals surface area contributed by atoms with Gasteiger partial charge in [0.05, 0.1) is 6.54 Å². The Morgan fingerprint density at radius 1 is 1.36 bits per heavy atom. The van der Waals surface area contributed by atoms with Gasteiger partial charge in [-0.05, 0) is 19.9 Å². The van der Waals surface area contributed by atoms with Crippen LogP contribution in [0.25, 0.3) is 11.0 Å². The van der Waals surface area contributed by atoms with Crippen molar-refractivity contribution in [2.45, 2.75) is 26.9 Å². The fourth-order valence-corrected chi connectivity index (χ4v) is 2.74. The number of hydrogen-bond donors (Lipinski definition) is 1.